The second kappa shape index (κ2) is 9.58. The van der Waals surface area contributed by atoms with Crippen LogP contribution in [0.25, 0.3) is 0 Å². The van der Waals surface area contributed by atoms with Gasteiger partial charge < -0.3 is 0 Å². The molecule has 0 bridgehead atoms. The van der Waals surface area contributed by atoms with E-state index >= 15 is 0 Å². The number of benzene rings is 1. The first-order valence-corrected chi connectivity index (χ1v) is 11.4. The van der Waals surface area contributed by atoms with Crippen molar-refractivity contribution in [3.05, 3.63) is 47.0 Å². The molecule has 2 saturated heterocycles. The Morgan fingerprint density at radius 3 is 2.07 bits per heavy atom. The third-order valence-electron chi connectivity index (χ3n) is 6.58. The van der Waals surface area contributed by atoms with Gasteiger partial charge in [-0.05, 0) is 70.2 Å². The third kappa shape index (κ3) is 4.78. The van der Waals surface area contributed by atoms with E-state index in [1.165, 1.54) is 68.3 Å². The summed E-state index contributed by atoms with van der Waals surface area (Å²) in [6.07, 6.45) is 8.87. The summed E-state index contributed by atoms with van der Waals surface area (Å²) in [5.41, 5.74) is 4.28. The van der Waals surface area contributed by atoms with Gasteiger partial charge in [0.1, 0.15) is 5.00 Å². The highest BCUT2D eigenvalue weighted by Gasteiger charge is 2.41. The van der Waals surface area contributed by atoms with E-state index in [2.05, 4.69) is 60.9 Å². The van der Waals surface area contributed by atoms with Gasteiger partial charge in [-0.3, -0.25) is 9.80 Å². The minimum atomic E-state index is -0.418. The van der Waals surface area contributed by atoms with E-state index < -0.39 is 5.00 Å². The Hall–Kier alpha value is -0.830. The first-order valence-electron chi connectivity index (χ1n) is 11.0. The average Bonchev–Trinajstić information content (AvgIpc) is 2.73. The molecular weight excluding hydrogens is 352 g/mol. The van der Waals surface area contributed by atoms with Crippen molar-refractivity contribution in [3.63, 3.8) is 0 Å². The third-order valence-corrected chi connectivity index (χ3v) is 7.02. The largest absolute Gasteiger partial charge is 0.293 e. The van der Waals surface area contributed by atoms with Crippen molar-refractivity contribution < 1.29 is 0 Å². The molecule has 0 aromatic heterocycles. The van der Waals surface area contributed by atoms with Crippen molar-refractivity contribution in [1.82, 2.24) is 9.80 Å². The van der Waals surface area contributed by atoms with Gasteiger partial charge in [0.15, 0.2) is 0 Å². The monoisotopic (exact) mass is 388 g/mol. The number of likely N-dealkylation sites (tertiary alicyclic amines) is 2. The molecule has 2 aliphatic heterocycles. The van der Waals surface area contributed by atoms with Gasteiger partial charge in [0, 0.05) is 13.1 Å². The summed E-state index contributed by atoms with van der Waals surface area (Å²) in [6, 6.07) is 11.4. The number of nitrogens with zero attached hydrogens (tertiary/aromatic N) is 2. The van der Waals surface area contributed by atoms with Gasteiger partial charge in [0.05, 0.1) is 6.04 Å². The minimum absolute atomic E-state index is 0.288. The van der Waals surface area contributed by atoms with Crippen LogP contribution >= 0.6 is 11.6 Å². The van der Waals surface area contributed by atoms with Crippen molar-refractivity contribution in [2.45, 2.75) is 76.8 Å². The van der Waals surface area contributed by atoms with Crippen molar-refractivity contribution in [1.29, 1.82) is 0 Å². The molecule has 2 aliphatic rings. The van der Waals surface area contributed by atoms with E-state index in [4.69, 9.17) is 11.6 Å². The number of hydrogen-bond donors (Lipinski definition) is 0. The smallest absolute Gasteiger partial charge is 0.117 e. The molecule has 0 aliphatic carbocycles. The van der Waals surface area contributed by atoms with Crippen LogP contribution in [0, 0.1) is 0 Å². The van der Waals surface area contributed by atoms with Crippen LogP contribution in [0.5, 0.6) is 0 Å². The second-order valence-corrected chi connectivity index (χ2v) is 9.19. The Morgan fingerprint density at radius 2 is 1.52 bits per heavy atom. The van der Waals surface area contributed by atoms with Crippen LogP contribution < -0.4 is 0 Å². The maximum Gasteiger partial charge on any atom is 0.117 e. The standard InChI is InChI=1S/C24H37ClN2/c1-4-20(2)22(24(3,25)27-18-12-7-13-19-27)23(21-14-8-5-9-15-21)26-16-10-6-11-17-26/h5,8-9,14-15,23H,4,6-7,10-13,16-19H2,1-3H3. The topological polar surface area (TPSA) is 6.48 Å². The molecule has 0 radical (unpaired) electrons. The Morgan fingerprint density at radius 1 is 0.963 bits per heavy atom. The van der Waals surface area contributed by atoms with E-state index in [1.54, 1.807) is 0 Å². The molecule has 2 unspecified atom stereocenters. The summed E-state index contributed by atoms with van der Waals surface area (Å²) in [7, 11) is 0. The molecular formula is C24H37ClN2. The highest BCUT2D eigenvalue weighted by atomic mass is 35.5. The van der Waals surface area contributed by atoms with E-state index in [-0.39, 0.29) is 6.04 Å². The predicted molar refractivity (Wildman–Crippen MR) is 117 cm³/mol. The Kier molecular flexibility index (Phi) is 7.42. The number of allylic oxidation sites excluding steroid dienone is 1. The molecule has 2 atom stereocenters. The zero-order valence-electron chi connectivity index (χ0n) is 17.5. The lowest BCUT2D eigenvalue weighted by Gasteiger charge is -2.47. The van der Waals surface area contributed by atoms with Crippen LogP contribution in [0.2, 0.25) is 0 Å². The number of hydrogen-bond acceptors (Lipinski definition) is 2. The molecule has 27 heavy (non-hydrogen) atoms. The van der Waals surface area contributed by atoms with Crippen molar-refractivity contribution in [2.75, 3.05) is 26.2 Å². The Balaban J connectivity index is 2.05. The zero-order valence-corrected chi connectivity index (χ0v) is 18.3. The van der Waals surface area contributed by atoms with E-state index in [0.29, 0.717) is 0 Å². The normalized spacial score (nSPS) is 24.1. The lowest BCUT2D eigenvalue weighted by Crippen LogP contribution is -2.50. The van der Waals surface area contributed by atoms with Crippen LogP contribution in [0.15, 0.2) is 41.5 Å². The van der Waals surface area contributed by atoms with Crippen LogP contribution in [-0.4, -0.2) is 41.0 Å². The number of halogens is 1. The highest BCUT2D eigenvalue weighted by Crippen LogP contribution is 2.44. The van der Waals surface area contributed by atoms with Crippen LogP contribution in [0.4, 0.5) is 0 Å². The summed E-state index contributed by atoms with van der Waals surface area (Å²) < 4.78 is 0. The number of alkyl halides is 1. The molecule has 0 N–H and O–H groups in total. The lowest BCUT2D eigenvalue weighted by atomic mass is 9.85. The molecule has 150 valence electrons. The summed E-state index contributed by atoms with van der Waals surface area (Å²) in [6.45, 7) is 11.4. The SMILES string of the molecule is CCC(C)=C(C(c1ccccc1)N1CCCCC1)C(C)(Cl)N1CCCCC1. The molecule has 0 spiro atoms. The first-order chi connectivity index (χ1) is 13.1. The predicted octanol–water partition coefficient (Wildman–Crippen LogP) is 6.38. The fraction of sp³-hybridized carbons (Fsp3) is 0.667. The molecule has 3 rings (SSSR count). The second-order valence-electron chi connectivity index (χ2n) is 8.46. The van der Waals surface area contributed by atoms with E-state index in [9.17, 15) is 0 Å². The summed E-state index contributed by atoms with van der Waals surface area (Å²) >= 11 is 7.46. The molecule has 3 heteroatoms. The average molecular weight is 389 g/mol. The minimum Gasteiger partial charge on any atom is -0.293 e. The van der Waals surface area contributed by atoms with Gasteiger partial charge >= 0.3 is 0 Å². The van der Waals surface area contributed by atoms with E-state index in [1.807, 2.05) is 0 Å². The summed E-state index contributed by atoms with van der Waals surface area (Å²) in [4.78, 5) is 4.81. The number of rotatable bonds is 6. The van der Waals surface area contributed by atoms with Crippen LogP contribution in [0.1, 0.15) is 77.3 Å². The maximum absolute atomic E-state index is 7.46. The van der Waals surface area contributed by atoms with E-state index in [0.717, 1.165) is 19.5 Å². The molecule has 2 nitrogen and oxygen atoms in total. The first kappa shape index (κ1) is 20.9. The molecule has 2 fully saturated rings. The van der Waals surface area contributed by atoms with Crippen LogP contribution in [0.3, 0.4) is 0 Å². The van der Waals surface area contributed by atoms with Gasteiger partial charge in [0.2, 0.25) is 0 Å². The Bertz CT molecular complexity index is 611. The maximum atomic E-state index is 7.46. The zero-order chi connectivity index (χ0) is 19.3. The Labute approximate surface area is 171 Å². The molecule has 2 heterocycles. The fourth-order valence-corrected chi connectivity index (χ4v) is 5.35. The molecule has 0 saturated carbocycles. The van der Waals surface area contributed by atoms with Gasteiger partial charge in [-0.1, -0.05) is 67.3 Å². The summed E-state index contributed by atoms with van der Waals surface area (Å²) in [5.74, 6) is 0. The summed E-state index contributed by atoms with van der Waals surface area (Å²) in [5, 5.41) is 0. The molecule has 0 amide bonds. The van der Waals surface area contributed by atoms with Crippen LogP contribution in [-0.2, 0) is 0 Å². The quantitative estimate of drug-likeness (QED) is 0.317. The number of piperidine rings is 2. The fourth-order valence-electron chi connectivity index (χ4n) is 4.92. The van der Waals surface area contributed by atoms with Gasteiger partial charge in [-0.15, -0.1) is 0 Å². The molecule has 1 aromatic rings. The lowest BCUT2D eigenvalue weighted by molar-refractivity contribution is 0.128. The van der Waals surface area contributed by atoms with Crippen molar-refractivity contribution in [2.24, 2.45) is 0 Å². The van der Waals surface area contributed by atoms with Gasteiger partial charge in [-0.2, -0.15) is 0 Å². The van der Waals surface area contributed by atoms with Crippen molar-refractivity contribution >= 4 is 11.6 Å². The van der Waals surface area contributed by atoms with Gasteiger partial charge in [0.25, 0.3) is 0 Å². The highest BCUT2D eigenvalue weighted by molar-refractivity contribution is 6.25. The van der Waals surface area contributed by atoms with Gasteiger partial charge in [-0.25, -0.2) is 0 Å². The molecule has 1 aromatic carbocycles. The van der Waals surface area contributed by atoms with Crippen molar-refractivity contribution in [3.8, 4) is 0 Å².